The van der Waals surface area contributed by atoms with Crippen LogP contribution in [0.15, 0.2) is 30.6 Å². The van der Waals surface area contributed by atoms with Gasteiger partial charge in [0.2, 0.25) is 0 Å². The van der Waals surface area contributed by atoms with Gasteiger partial charge in [-0.05, 0) is 12.1 Å². The van der Waals surface area contributed by atoms with Gasteiger partial charge in [-0.2, -0.15) is 0 Å². The number of nitrogens with zero attached hydrogens (tertiary/aromatic N) is 3. The van der Waals surface area contributed by atoms with Gasteiger partial charge in [0.25, 0.3) is 5.69 Å². The number of carboxylic acid groups (broad SMARTS) is 1. The fraction of sp³-hybridized carbons (Fsp3) is 0.0909. The molecule has 0 aliphatic heterocycles. The monoisotopic (exact) mass is 297 g/mol. The van der Waals surface area contributed by atoms with Gasteiger partial charge in [-0.25, -0.2) is 9.78 Å². The van der Waals surface area contributed by atoms with Crippen molar-refractivity contribution in [3.8, 4) is 6.01 Å². The molecule has 2 aromatic rings. The topological polar surface area (TPSA) is 107 Å². The lowest BCUT2D eigenvalue weighted by Crippen LogP contribution is -2.10. The molecule has 0 bridgehead atoms. The van der Waals surface area contributed by atoms with Gasteiger partial charge < -0.3 is 9.84 Å². The van der Waals surface area contributed by atoms with E-state index in [-0.39, 0.29) is 18.2 Å². The number of carbonyl (C=O) groups is 1. The summed E-state index contributed by atoms with van der Waals surface area (Å²) in [6.45, 7) is 0.0134. The SMILES string of the molecule is O=C(O)Oc1nccn1Cc1cc(Cl)ccc1[N+](=O)[O-]. The van der Waals surface area contributed by atoms with Gasteiger partial charge in [0.15, 0.2) is 0 Å². The van der Waals surface area contributed by atoms with Gasteiger partial charge in [-0.3, -0.25) is 14.7 Å². The Morgan fingerprint density at radius 2 is 2.30 bits per heavy atom. The molecule has 2 rings (SSSR count). The molecular weight excluding hydrogens is 290 g/mol. The van der Waals surface area contributed by atoms with Gasteiger partial charge in [-0.1, -0.05) is 11.6 Å². The van der Waals surface area contributed by atoms with Gasteiger partial charge in [-0.15, -0.1) is 0 Å². The molecule has 0 radical (unpaired) electrons. The van der Waals surface area contributed by atoms with Crippen molar-refractivity contribution in [2.24, 2.45) is 0 Å². The number of rotatable bonds is 4. The van der Waals surface area contributed by atoms with Crippen LogP contribution in [0.1, 0.15) is 5.56 Å². The lowest BCUT2D eigenvalue weighted by atomic mass is 10.2. The molecule has 0 spiro atoms. The van der Waals surface area contributed by atoms with E-state index in [1.54, 1.807) is 0 Å². The first-order chi connectivity index (χ1) is 9.47. The zero-order valence-corrected chi connectivity index (χ0v) is 10.6. The first-order valence-electron chi connectivity index (χ1n) is 5.32. The molecule has 1 heterocycles. The van der Waals surface area contributed by atoms with Crippen molar-refractivity contribution in [2.45, 2.75) is 6.54 Å². The van der Waals surface area contributed by atoms with E-state index >= 15 is 0 Å². The summed E-state index contributed by atoms with van der Waals surface area (Å²) in [5.74, 6) is 0. The number of hydrogen-bond acceptors (Lipinski definition) is 5. The molecule has 0 saturated heterocycles. The zero-order chi connectivity index (χ0) is 14.7. The van der Waals surface area contributed by atoms with Crippen LogP contribution in [0.25, 0.3) is 0 Å². The number of halogens is 1. The van der Waals surface area contributed by atoms with Crippen LogP contribution in [-0.2, 0) is 6.54 Å². The van der Waals surface area contributed by atoms with Crippen molar-refractivity contribution in [2.75, 3.05) is 0 Å². The van der Waals surface area contributed by atoms with Gasteiger partial charge in [0.1, 0.15) is 0 Å². The maximum absolute atomic E-state index is 10.9. The summed E-state index contributed by atoms with van der Waals surface area (Å²) in [6.07, 6.45) is 1.26. The van der Waals surface area contributed by atoms with Crippen molar-refractivity contribution in [1.82, 2.24) is 9.55 Å². The minimum absolute atomic E-state index is 0.0134. The Hall–Kier alpha value is -2.61. The van der Waals surface area contributed by atoms with Crippen molar-refractivity contribution in [3.05, 3.63) is 51.3 Å². The summed E-state index contributed by atoms with van der Waals surface area (Å²) < 4.78 is 5.78. The summed E-state index contributed by atoms with van der Waals surface area (Å²) >= 11 is 5.81. The molecule has 0 aliphatic carbocycles. The Labute approximate surface area is 117 Å². The van der Waals surface area contributed by atoms with E-state index in [1.807, 2.05) is 0 Å². The van der Waals surface area contributed by atoms with Crippen LogP contribution in [0, 0.1) is 10.1 Å². The molecule has 0 amide bonds. The number of nitro groups is 1. The molecular formula is C11H8ClN3O5. The number of aromatic nitrogens is 2. The Morgan fingerprint density at radius 1 is 1.55 bits per heavy atom. The number of imidazole rings is 1. The van der Waals surface area contributed by atoms with E-state index in [0.29, 0.717) is 10.6 Å². The highest BCUT2D eigenvalue weighted by molar-refractivity contribution is 6.30. The average molecular weight is 298 g/mol. The quantitative estimate of drug-likeness (QED) is 0.528. The molecule has 0 fully saturated rings. The van der Waals surface area contributed by atoms with Crippen LogP contribution in [0.2, 0.25) is 5.02 Å². The average Bonchev–Trinajstić information content (AvgIpc) is 2.75. The third-order valence-corrected chi connectivity index (χ3v) is 2.67. The molecule has 8 nitrogen and oxygen atoms in total. The Kier molecular flexibility index (Phi) is 3.85. The van der Waals surface area contributed by atoms with Crippen LogP contribution in [0.5, 0.6) is 6.01 Å². The molecule has 9 heteroatoms. The second-order valence-electron chi connectivity index (χ2n) is 3.74. The summed E-state index contributed by atoms with van der Waals surface area (Å²) in [5.41, 5.74) is 0.195. The van der Waals surface area contributed by atoms with E-state index in [0.717, 1.165) is 0 Å². The maximum atomic E-state index is 10.9. The van der Waals surface area contributed by atoms with Crippen molar-refractivity contribution in [1.29, 1.82) is 0 Å². The van der Waals surface area contributed by atoms with E-state index < -0.39 is 11.1 Å². The number of ether oxygens (including phenoxy) is 1. The smallest absolute Gasteiger partial charge is 0.449 e. The number of benzene rings is 1. The summed E-state index contributed by atoms with van der Waals surface area (Å²) in [5, 5.41) is 19.8. The molecule has 20 heavy (non-hydrogen) atoms. The first-order valence-corrected chi connectivity index (χ1v) is 5.70. The Bertz CT molecular complexity index is 670. The van der Waals surface area contributed by atoms with E-state index in [2.05, 4.69) is 9.72 Å². The second-order valence-corrected chi connectivity index (χ2v) is 4.17. The van der Waals surface area contributed by atoms with Crippen LogP contribution in [0.3, 0.4) is 0 Å². The molecule has 1 aromatic heterocycles. The molecule has 1 aromatic carbocycles. The summed E-state index contributed by atoms with van der Waals surface area (Å²) in [7, 11) is 0. The second kappa shape index (κ2) is 5.57. The third-order valence-electron chi connectivity index (χ3n) is 2.43. The largest absolute Gasteiger partial charge is 0.513 e. The van der Waals surface area contributed by atoms with Crippen molar-refractivity contribution in [3.63, 3.8) is 0 Å². The van der Waals surface area contributed by atoms with Crippen LogP contribution < -0.4 is 4.74 Å². The maximum Gasteiger partial charge on any atom is 0.513 e. The fourth-order valence-corrected chi connectivity index (χ4v) is 1.84. The Balaban J connectivity index is 2.35. The van der Waals surface area contributed by atoms with Crippen molar-refractivity contribution < 1.29 is 19.6 Å². The molecule has 1 N–H and O–H groups in total. The standard InChI is InChI=1S/C11H8ClN3O5/c12-8-1-2-9(15(18)19)7(5-8)6-14-4-3-13-10(14)20-11(16)17/h1-5H,6H2,(H,16,17). The highest BCUT2D eigenvalue weighted by atomic mass is 35.5. The minimum Gasteiger partial charge on any atom is -0.449 e. The molecule has 0 aliphatic rings. The van der Waals surface area contributed by atoms with E-state index in [9.17, 15) is 14.9 Å². The van der Waals surface area contributed by atoms with Gasteiger partial charge in [0, 0.05) is 23.5 Å². The third kappa shape index (κ3) is 3.04. The van der Waals surface area contributed by atoms with Crippen LogP contribution >= 0.6 is 11.6 Å². The van der Waals surface area contributed by atoms with E-state index in [4.69, 9.17) is 16.7 Å². The van der Waals surface area contributed by atoms with E-state index in [1.165, 1.54) is 35.2 Å². The Morgan fingerprint density at radius 3 is 2.95 bits per heavy atom. The molecule has 104 valence electrons. The lowest BCUT2D eigenvalue weighted by molar-refractivity contribution is -0.385. The lowest BCUT2D eigenvalue weighted by Gasteiger charge is -2.07. The molecule has 0 atom stereocenters. The number of nitro benzene ring substituents is 1. The van der Waals surface area contributed by atoms with Crippen molar-refractivity contribution >= 4 is 23.4 Å². The normalized spacial score (nSPS) is 10.2. The predicted octanol–water partition coefficient (Wildman–Crippen LogP) is 2.55. The van der Waals surface area contributed by atoms with Crippen LogP contribution in [0.4, 0.5) is 10.5 Å². The zero-order valence-electron chi connectivity index (χ0n) is 9.89. The van der Waals surface area contributed by atoms with Crippen LogP contribution in [-0.4, -0.2) is 25.7 Å². The minimum atomic E-state index is -1.52. The first kappa shape index (κ1) is 13.8. The molecule has 0 unspecified atom stereocenters. The predicted molar refractivity (Wildman–Crippen MR) is 68.1 cm³/mol. The highest BCUT2D eigenvalue weighted by Crippen LogP contribution is 2.24. The summed E-state index contributed by atoms with van der Waals surface area (Å²) in [4.78, 5) is 24.6. The van der Waals surface area contributed by atoms with Gasteiger partial charge >= 0.3 is 12.2 Å². The summed E-state index contributed by atoms with van der Waals surface area (Å²) in [6, 6.07) is 3.95. The molecule has 0 saturated carbocycles. The highest BCUT2D eigenvalue weighted by Gasteiger charge is 2.16. The van der Waals surface area contributed by atoms with Gasteiger partial charge in [0.05, 0.1) is 17.0 Å². The number of hydrogen-bond donors (Lipinski definition) is 1. The fourth-order valence-electron chi connectivity index (χ4n) is 1.64.